The third kappa shape index (κ3) is 7.92. The highest BCUT2D eigenvalue weighted by Crippen LogP contribution is 2.30. The molecule has 0 aromatic heterocycles. The van der Waals surface area contributed by atoms with E-state index in [9.17, 15) is 13.2 Å². The Labute approximate surface area is 106 Å². The van der Waals surface area contributed by atoms with Crippen molar-refractivity contribution in [1.29, 1.82) is 0 Å². The average molecular weight is 269 g/mol. The first kappa shape index (κ1) is 15.2. The molecule has 0 aliphatic heterocycles. The van der Waals surface area contributed by atoms with E-state index in [1.807, 2.05) is 0 Å². The maximum Gasteiger partial charge on any atom is 0.441 e. The molecular weight excluding hydrogens is 247 g/mol. The largest absolute Gasteiger partial charge is 0.441 e. The summed E-state index contributed by atoms with van der Waals surface area (Å²) >= 11 is 0.0575. The van der Waals surface area contributed by atoms with Crippen molar-refractivity contribution in [3.05, 3.63) is 0 Å². The van der Waals surface area contributed by atoms with E-state index in [1.54, 1.807) is 0 Å². The molecule has 2 atom stereocenters. The Morgan fingerprint density at radius 3 is 2.65 bits per heavy atom. The maximum absolute atomic E-state index is 11.8. The van der Waals surface area contributed by atoms with E-state index in [0.717, 1.165) is 24.8 Å². The second-order valence-corrected chi connectivity index (χ2v) is 6.13. The summed E-state index contributed by atoms with van der Waals surface area (Å²) < 4.78 is 35.5. The molecule has 0 heterocycles. The highest BCUT2D eigenvalue weighted by molar-refractivity contribution is 8.00. The fourth-order valence-electron chi connectivity index (χ4n) is 2.49. The Morgan fingerprint density at radius 2 is 2.00 bits per heavy atom. The Balaban J connectivity index is 1.93. The molecule has 0 aromatic carbocycles. The van der Waals surface area contributed by atoms with Crippen LogP contribution in [0.1, 0.15) is 39.0 Å². The number of halogens is 3. The van der Waals surface area contributed by atoms with E-state index < -0.39 is 5.51 Å². The number of rotatable bonds is 6. The van der Waals surface area contributed by atoms with Gasteiger partial charge < -0.3 is 5.32 Å². The molecule has 5 heteroatoms. The zero-order valence-corrected chi connectivity index (χ0v) is 11.2. The van der Waals surface area contributed by atoms with Gasteiger partial charge in [0.05, 0.1) is 0 Å². The molecule has 2 unspecified atom stereocenters. The highest BCUT2D eigenvalue weighted by Gasteiger charge is 2.27. The van der Waals surface area contributed by atoms with Crippen molar-refractivity contribution < 1.29 is 13.2 Å². The van der Waals surface area contributed by atoms with E-state index >= 15 is 0 Å². The summed E-state index contributed by atoms with van der Waals surface area (Å²) in [6.07, 6.45) is 6.35. The SMILES string of the molecule is CC1CCCC(CCNCCSC(F)(F)F)C1. The fourth-order valence-corrected chi connectivity index (χ4v) is 2.97. The zero-order chi connectivity index (χ0) is 12.7. The number of hydrogen-bond donors (Lipinski definition) is 1. The van der Waals surface area contributed by atoms with Gasteiger partial charge in [0.2, 0.25) is 0 Å². The maximum atomic E-state index is 11.8. The van der Waals surface area contributed by atoms with Crippen LogP contribution in [0.2, 0.25) is 0 Å². The molecular formula is C12H22F3NS. The molecule has 1 fully saturated rings. The van der Waals surface area contributed by atoms with Crippen LogP contribution < -0.4 is 5.32 Å². The minimum absolute atomic E-state index is 0.0575. The van der Waals surface area contributed by atoms with Crippen molar-refractivity contribution in [3.8, 4) is 0 Å². The minimum atomic E-state index is -4.08. The topological polar surface area (TPSA) is 12.0 Å². The minimum Gasteiger partial charge on any atom is -0.316 e. The van der Waals surface area contributed by atoms with E-state index in [2.05, 4.69) is 12.2 Å². The van der Waals surface area contributed by atoms with E-state index in [0.29, 0.717) is 6.54 Å². The Morgan fingerprint density at radius 1 is 1.24 bits per heavy atom. The van der Waals surface area contributed by atoms with Crippen LogP contribution in [0.25, 0.3) is 0 Å². The van der Waals surface area contributed by atoms with Crippen LogP contribution >= 0.6 is 11.8 Å². The van der Waals surface area contributed by atoms with E-state index in [4.69, 9.17) is 0 Å². The Bertz CT molecular complexity index is 208. The molecule has 0 amide bonds. The summed E-state index contributed by atoms with van der Waals surface area (Å²) in [4.78, 5) is 0. The number of alkyl halides is 3. The summed E-state index contributed by atoms with van der Waals surface area (Å²) in [5.41, 5.74) is -4.08. The van der Waals surface area contributed by atoms with Gasteiger partial charge in [-0.15, -0.1) is 0 Å². The van der Waals surface area contributed by atoms with Crippen LogP contribution in [0.15, 0.2) is 0 Å². The van der Waals surface area contributed by atoms with Gasteiger partial charge in [0.25, 0.3) is 0 Å². The van der Waals surface area contributed by atoms with E-state index in [-0.39, 0.29) is 17.5 Å². The predicted octanol–water partition coefficient (Wildman–Crippen LogP) is 4.05. The lowest BCUT2D eigenvalue weighted by atomic mass is 9.81. The van der Waals surface area contributed by atoms with E-state index in [1.165, 1.54) is 25.7 Å². The summed E-state index contributed by atoms with van der Waals surface area (Å²) in [5, 5.41) is 3.10. The summed E-state index contributed by atoms with van der Waals surface area (Å²) in [6, 6.07) is 0. The number of thioether (sulfide) groups is 1. The van der Waals surface area contributed by atoms with Gasteiger partial charge in [0.1, 0.15) is 0 Å². The van der Waals surface area contributed by atoms with Crippen molar-refractivity contribution >= 4 is 11.8 Å². The molecule has 1 saturated carbocycles. The van der Waals surface area contributed by atoms with Gasteiger partial charge in [-0.3, -0.25) is 0 Å². The van der Waals surface area contributed by atoms with Crippen molar-refractivity contribution in [3.63, 3.8) is 0 Å². The lowest BCUT2D eigenvalue weighted by Gasteiger charge is -2.26. The molecule has 0 spiro atoms. The molecule has 1 rings (SSSR count). The molecule has 0 bridgehead atoms. The second kappa shape index (κ2) is 7.52. The first-order valence-electron chi connectivity index (χ1n) is 6.39. The molecule has 17 heavy (non-hydrogen) atoms. The lowest BCUT2D eigenvalue weighted by molar-refractivity contribution is -0.0327. The molecule has 0 aromatic rings. The summed E-state index contributed by atoms with van der Waals surface area (Å²) in [5.74, 6) is 1.72. The van der Waals surface area contributed by atoms with Crippen molar-refractivity contribution in [2.75, 3.05) is 18.8 Å². The van der Waals surface area contributed by atoms with Crippen LogP contribution in [0.5, 0.6) is 0 Å². The van der Waals surface area contributed by atoms with Crippen LogP contribution in [0.3, 0.4) is 0 Å². The number of nitrogens with one attached hydrogen (secondary N) is 1. The van der Waals surface area contributed by atoms with Gasteiger partial charge in [-0.1, -0.05) is 26.2 Å². The smallest absolute Gasteiger partial charge is 0.316 e. The summed E-state index contributed by atoms with van der Waals surface area (Å²) in [7, 11) is 0. The molecule has 1 aliphatic rings. The van der Waals surface area contributed by atoms with Gasteiger partial charge in [-0.25, -0.2) is 0 Å². The molecule has 1 nitrogen and oxygen atoms in total. The third-order valence-corrected chi connectivity index (χ3v) is 4.05. The van der Waals surface area contributed by atoms with Gasteiger partial charge in [-0.05, 0) is 43.0 Å². The van der Waals surface area contributed by atoms with Crippen LogP contribution in [-0.4, -0.2) is 24.4 Å². The van der Waals surface area contributed by atoms with Crippen LogP contribution in [0, 0.1) is 11.8 Å². The number of hydrogen-bond acceptors (Lipinski definition) is 2. The first-order valence-corrected chi connectivity index (χ1v) is 7.37. The Hall–Kier alpha value is 0.100. The first-order chi connectivity index (χ1) is 7.97. The van der Waals surface area contributed by atoms with Gasteiger partial charge in [0, 0.05) is 12.3 Å². The van der Waals surface area contributed by atoms with Gasteiger partial charge in [-0.2, -0.15) is 13.2 Å². The van der Waals surface area contributed by atoms with Crippen molar-refractivity contribution in [1.82, 2.24) is 5.32 Å². The third-order valence-electron chi connectivity index (χ3n) is 3.32. The van der Waals surface area contributed by atoms with Crippen LogP contribution in [-0.2, 0) is 0 Å². The fraction of sp³-hybridized carbons (Fsp3) is 1.00. The molecule has 0 saturated heterocycles. The zero-order valence-electron chi connectivity index (χ0n) is 10.4. The summed E-state index contributed by atoms with van der Waals surface area (Å²) in [6.45, 7) is 3.60. The average Bonchev–Trinajstić information content (AvgIpc) is 2.22. The Kier molecular flexibility index (Phi) is 6.70. The second-order valence-electron chi connectivity index (χ2n) is 4.97. The predicted molar refractivity (Wildman–Crippen MR) is 67.1 cm³/mol. The quantitative estimate of drug-likeness (QED) is 0.730. The lowest BCUT2D eigenvalue weighted by Crippen LogP contribution is -2.23. The monoisotopic (exact) mass is 269 g/mol. The normalized spacial score (nSPS) is 26.1. The van der Waals surface area contributed by atoms with Crippen LogP contribution in [0.4, 0.5) is 13.2 Å². The molecule has 1 aliphatic carbocycles. The standard InChI is InChI=1S/C12H22F3NS/c1-10-3-2-4-11(9-10)5-6-16-7-8-17-12(13,14)15/h10-11,16H,2-9H2,1H3. The van der Waals surface area contributed by atoms with Crippen molar-refractivity contribution in [2.45, 2.75) is 44.5 Å². The van der Waals surface area contributed by atoms with Crippen molar-refractivity contribution in [2.24, 2.45) is 11.8 Å². The highest BCUT2D eigenvalue weighted by atomic mass is 32.2. The molecule has 102 valence electrons. The molecule has 1 N–H and O–H groups in total. The van der Waals surface area contributed by atoms with Gasteiger partial charge >= 0.3 is 5.51 Å². The van der Waals surface area contributed by atoms with Gasteiger partial charge in [0.15, 0.2) is 0 Å². The molecule has 0 radical (unpaired) electrons.